The lowest BCUT2D eigenvalue weighted by atomic mass is 9.92. The topological polar surface area (TPSA) is 68.6 Å². The molecular weight excluding hydrogens is 336 g/mol. The van der Waals surface area contributed by atoms with Crippen molar-refractivity contribution in [3.8, 4) is 11.8 Å². The molecule has 6 nitrogen and oxygen atoms in total. The second-order valence-electron chi connectivity index (χ2n) is 6.40. The van der Waals surface area contributed by atoms with Crippen LogP contribution >= 0.6 is 11.8 Å². The number of thioether (sulfide) groups is 1. The van der Waals surface area contributed by atoms with Crippen LogP contribution in [0.5, 0.6) is 11.8 Å². The number of ether oxygens (including phenoxy) is 2. The summed E-state index contributed by atoms with van der Waals surface area (Å²) in [7, 11) is 3.14. The minimum absolute atomic E-state index is 0.0355. The molecule has 0 saturated heterocycles. The molecule has 0 aliphatic rings. The van der Waals surface area contributed by atoms with Gasteiger partial charge < -0.3 is 9.47 Å². The minimum atomic E-state index is -0.0355. The third-order valence-corrected chi connectivity index (χ3v) is 4.82. The molecule has 0 spiro atoms. The molecule has 1 atom stereocenters. The average molecular weight is 360 g/mol. The summed E-state index contributed by atoms with van der Waals surface area (Å²) in [6, 6.07) is 11.5. The molecule has 0 radical (unpaired) electrons. The number of hydrogen-bond donors (Lipinski definition) is 1. The molecule has 0 amide bonds. The van der Waals surface area contributed by atoms with Gasteiger partial charge in [0, 0.05) is 6.21 Å². The number of para-hydroxylation sites is 1. The Morgan fingerprint density at radius 1 is 1.08 bits per heavy atom. The van der Waals surface area contributed by atoms with Crippen molar-refractivity contribution in [2.24, 2.45) is 10.5 Å². The maximum absolute atomic E-state index is 5.21. The Hall–Kier alpha value is -2.28. The van der Waals surface area contributed by atoms with E-state index in [4.69, 9.17) is 9.47 Å². The van der Waals surface area contributed by atoms with E-state index in [1.54, 1.807) is 20.3 Å². The molecule has 1 aromatic carbocycles. The molecule has 1 unspecified atom stereocenters. The Labute approximate surface area is 153 Å². The van der Waals surface area contributed by atoms with Crippen LogP contribution in [0.15, 0.2) is 46.7 Å². The Bertz CT molecular complexity index is 680. The summed E-state index contributed by atoms with van der Waals surface area (Å²) in [5, 5.41) is 5.02. The van der Waals surface area contributed by atoms with E-state index in [1.165, 1.54) is 11.8 Å². The van der Waals surface area contributed by atoms with Crippen LogP contribution in [0, 0.1) is 5.41 Å². The van der Waals surface area contributed by atoms with E-state index in [9.17, 15) is 0 Å². The zero-order chi connectivity index (χ0) is 18.3. The van der Waals surface area contributed by atoms with E-state index in [1.807, 2.05) is 36.5 Å². The molecule has 134 valence electrons. The summed E-state index contributed by atoms with van der Waals surface area (Å²) >= 11 is 1.52. The molecule has 1 heterocycles. The number of aromatic nitrogens is 2. The fourth-order valence-corrected chi connectivity index (χ4v) is 2.87. The van der Waals surface area contributed by atoms with Crippen molar-refractivity contribution in [3.05, 3.63) is 36.4 Å². The van der Waals surface area contributed by atoms with Gasteiger partial charge in [0.25, 0.3) is 0 Å². The standard InChI is InChI=1S/C18H24N4O2S/c1-18(2,3)14(12-19-22-13-9-7-6-8-10-13)25-17-20-15(23-4)11-16(21-17)24-5/h6-12,14,22H,1-5H3. The Kier molecular flexibility index (Phi) is 6.64. The van der Waals surface area contributed by atoms with Gasteiger partial charge >= 0.3 is 0 Å². The molecule has 1 aromatic heterocycles. The number of nitrogens with one attached hydrogen (secondary N) is 1. The normalized spacial score (nSPS) is 12.8. The molecule has 25 heavy (non-hydrogen) atoms. The second-order valence-corrected chi connectivity index (χ2v) is 7.50. The lowest BCUT2D eigenvalue weighted by Crippen LogP contribution is -2.25. The smallest absolute Gasteiger partial charge is 0.220 e. The lowest BCUT2D eigenvalue weighted by Gasteiger charge is -2.26. The van der Waals surface area contributed by atoms with Gasteiger partial charge in [-0.2, -0.15) is 15.1 Å². The summed E-state index contributed by atoms with van der Waals surface area (Å²) in [6.07, 6.45) is 1.88. The minimum Gasteiger partial charge on any atom is -0.481 e. The molecule has 0 fully saturated rings. The van der Waals surface area contributed by atoms with Crippen molar-refractivity contribution in [3.63, 3.8) is 0 Å². The molecule has 0 aliphatic heterocycles. The summed E-state index contributed by atoms with van der Waals surface area (Å²) in [5.41, 5.74) is 3.95. The first-order valence-corrected chi connectivity index (χ1v) is 8.78. The SMILES string of the molecule is COc1cc(OC)nc(SC(C=NNc2ccccc2)C(C)(C)C)n1. The van der Waals surface area contributed by atoms with E-state index >= 15 is 0 Å². The summed E-state index contributed by atoms with van der Waals surface area (Å²) in [4.78, 5) is 8.77. The largest absolute Gasteiger partial charge is 0.481 e. The monoisotopic (exact) mass is 360 g/mol. The predicted molar refractivity (Wildman–Crippen MR) is 103 cm³/mol. The first-order chi connectivity index (χ1) is 11.9. The van der Waals surface area contributed by atoms with Crippen LogP contribution in [0.1, 0.15) is 20.8 Å². The maximum atomic E-state index is 5.21. The Morgan fingerprint density at radius 3 is 2.20 bits per heavy atom. The van der Waals surface area contributed by atoms with E-state index in [2.05, 4.69) is 41.3 Å². The maximum Gasteiger partial charge on any atom is 0.220 e. The van der Waals surface area contributed by atoms with Crippen molar-refractivity contribution < 1.29 is 9.47 Å². The first-order valence-electron chi connectivity index (χ1n) is 7.90. The van der Waals surface area contributed by atoms with Crippen molar-refractivity contribution in [1.82, 2.24) is 9.97 Å². The zero-order valence-corrected chi connectivity index (χ0v) is 16.0. The van der Waals surface area contributed by atoms with Crippen molar-refractivity contribution in [2.75, 3.05) is 19.6 Å². The fourth-order valence-electron chi connectivity index (χ4n) is 1.88. The van der Waals surface area contributed by atoms with E-state index in [0.717, 1.165) is 5.69 Å². The van der Waals surface area contributed by atoms with Gasteiger partial charge in [-0.15, -0.1) is 0 Å². The molecule has 0 saturated carbocycles. The highest BCUT2D eigenvalue weighted by molar-refractivity contribution is 8.00. The van der Waals surface area contributed by atoms with Crippen LogP contribution in [0.3, 0.4) is 0 Å². The van der Waals surface area contributed by atoms with Gasteiger partial charge in [-0.25, -0.2) is 0 Å². The second kappa shape index (κ2) is 8.71. The van der Waals surface area contributed by atoms with Crippen molar-refractivity contribution >= 4 is 23.7 Å². The average Bonchev–Trinajstić information content (AvgIpc) is 2.60. The van der Waals surface area contributed by atoms with Gasteiger partial charge in [0.2, 0.25) is 11.8 Å². The number of anilines is 1. The van der Waals surface area contributed by atoms with Gasteiger partial charge in [0.15, 0.2) is 5.16 Å². The molecule has 0 aliphatic carbocycles. The molecular formula is C18H24N4O2S. The fraction of sp³-hybridized carbons (Fsp3) is 0.389. The summed E-state index contributed by atoms with van der Waals surface area (Å²) in [6.45, 7) is 6.45. The number of hydrazone groups is 1. The lowest BCUT2D eigenvalue weighted by molar-refractivity contribution is 0.364. The molecule has 2 rings (SSSR count). The van der Waals surface area contributed by atoms with Crippen LogP contribution in [-0.2, 0) is 0 Å². The number of nitrogens with zero attached hydrogens (tertiary/aromatic N) is 3. The number of rotatable bonds is 7. The van der Waals surface area contributed by atoms with E-state index in [0.29, 0.717) is 16.9 Å². The van der Waals surface area contributed by atoms with Gasteiger partial charge in [-0.3, -0.25) is 5.43 Å². The first kappa shape index (κ1) is 19.1. The molecule has 1 N–H and O–H groups in total. The van der Waals surface area contributed by atoms with Crippen molar-refractivity contribution in [1.29, 1.82) is 0 Å². The molecule has 0 bridgehead atoms. The predicted octanol–water partition coefficient (Wildman–Crippen LogP) is 4.10. The highest BCUT2D eigenvalue weighted by Crippen LogP contribution is 2.34. The van der Waals surface area contributed by atoms with Crippen molar-refractivity contribution in [2.45, 2.75) is 31.2 Å². The highest BCUT2D eigenvalue weighted by atomic mass is 32.2. The van der Waals surface area contributed by atoms with Crippen LogP contribution in [0.25, 0.3) is 0 Å². The third kappa shape index (κ3) is 5.94. The number of methoxy groups -OCH3 is 2. The highest BCUT2D eigenvalue weighted by Gasteiger charge is 2.26. The van der Waals surface area contributed by atoms with Crippen LogP contribution in [0.4, 0.5) is 5.69 Å². The van der Waals surface area contributed by atoms with Gasteiger partial charge in [-0.1, -0.05) is 50.7 Å². The third-order valence-electron chi connectivity index (χ3n) is 3.34. The number of hydrogen-bond acceptors (Lipinski definition) is 7. The summed E-state index contributed by atoms with van der Waals surface area (Å²) in [5.74, 6) is 0.947. The van der Waals surface area contributed by atoms with Gasteiger partial charge in [-0.05, 0) is 17.5 Å². The van der Waals surface area contributed by atoms with E-state index < -0.39 is 0 Å². The zero-order valence-electron chi connectivity index (χ0n) is 15.2. The van der Waals surface area contributed by atoms with Crippen LogP contribution in [0.2, 0.25) is 0 Å². The molecule has 2 aromatic rings. The quantitative estimate of drug-likeness (QED) is 0.347. The van der Waals surface area contributed by atoms with Gasteiger partial charge in [0.05, 0.1) is 31.2 Å². The van der Waals surface area contributed by atoms with E-state index in [-0.39, 0.29) is 10.7 Å². The Morgan fingerprint density at radius 2 is 1.68 bits per heavy atom. The summed E-state index contributed by atoms with van der Waals surface area (Å²) < 4.78 is 10.4. The number of benzene rings is 1. The Balaban J connectivity index is 2.15. The van der Waals surface area contributed by atoms with Crippen LogP contribution < -0.4 is 14.9 Å². The molecule has 7 heteroatoms. The van der Waals surface area contributed by atoms with Gasteiger partial charge in [0.1, 0.15) is 0 Å². The van der Waals surface area contributed by atoms with Crippen LogP contribution in [-0.4, -0.2) is 35.7 Å².